The highest BCUT2D eigenvalue weighted by atomic mass is 16.3. The molecule has 0 unspecified atom stereocenters. The first-order valence-electron chi connectivity index (χ1n) is 5.56. The van der Waals surface area contributed by atoms with E-state index in [-0.39, 0.29) is 12.5 Å². The molecule has 1 amide bonds. The standard InChI is InChI=1S/C13H16N2O2/c1-15(13(17)4-2-3-9-16)12-7-5-11(10-14)6-8-12/h5-8,16H,2-4,9H2,1H3. The van der Waals surface area contributed by atoms with Crippen molar-refractivity contribution >= 4 is 11.6 Å². The number of carbonyl (C=O) groups excluding carboxylic acids is 1. The lowest BCUT2D eigenvalue weighted by Crippen LogP contribution is -2.25. The number of unbranched alkanes of at least 4 members (excludes halogenated alkanes) is 1. The van der Waals surface area contributed by atoms with Gasteiger partial charge in [-0.15, -0.1) is 0 Å². The molecule has 0 heterocycles. The third-order valence-electron chi connectivity index (χ3n) is 2.56. The second-order valence-electron chi connectivity index (χ2n) is 3.79. The zero-order valence-corrected chi connectivity index (χ0v) is 9.89. The number of amides is 1. The van der Waals surface area contributed by atoms with Gasteiger partial charge in [0.05, 0.1) is 11.6 Å². The highest BCUT2D eigenvalue weighted by Gasteiger charge is 2.09. The van der Waals surface area contributed by atoms with Crippen LogP contribution in [-0.4, -0.2) is 24.7 Å². The fourth-order valence-corrected chi connectivity index (χ4v) is 1.46. The number of anilines is 1. The van der Waals surface area contributed by atoms with Crippen molar-refractivity contribution in [3.05, 3.63) is 29.8 Å². The van der Waals surface area contributed by atoms with Gasteiger partial charge in [0.1, 0.15) is 0 Å². The Bertz CT molecular complexity index is 406. The van der Waals surface area contributed by atoms with Crippen LogP contribution in [0.1, 0.15) is 24.8 Å². The summed E-state index contributed by atoms with van der Waals surface area (Å²) in [5, 5.41) is 17.3. The summed E-state index contributed by atoms with van der Waals surface area (Å²) in [4.78, 5) is 13.3. The average molecular weight is 232 g/mol. The van der Waals surface area contributed by atoms with Gasteiger partial charge in [-0.1, -0.05) is 0 Å². The molecule has 0 spiro atoms. The van der Waals surface area contributed by atoms with Crippen LogP contribution in [0, 0.1) is 11.3 Å². The van der Waals surface area contributed by atoms with E-state index in [4.69, 9.17) is 10.4 Å². The lowest BCUT2D eigenvalue weighted by molar-refractivity contribution is -0.118. The lowest BCUT2D eigenvalue weighted by Gasteiger charge is -2.17. The fourth-order valence-electron chi connectivity index (χ4n) is 1.46. The Morgan fingerprint density at radius 3 is 2.53 bits per heavy atom. The minimum absolute atomic E-state index is 0.0168. The molecule has 0 aliphatic heterocycles. The minimum Gasteiger partial charge on any atom is -0.396 e. The maximum Gasteiger partial charge on any atom is 0.226 e. The van der Waals surface area contributed by atoms with Crippen molar-refractivity contribution in [1.82, 2.24) is 0 Å². The molecule has 0 saturated heterocycles. The number of nitrogens with zero attached hydrogens (tertiary/aromatic N) is 2. The van der Waals surface area contributed by atoms with Crippen LogP contribution < -0.4 is 4.90 Å². The number of aliphatic hydroxyl groups excluding tert-OH is 1. The van der Waals surface area contributed by atoms with Crippen LogP contribution in [0.3, 0.4) is 0 Å². The van der Waals surface area contributed by atoms with Gasteiger partial charge >= 0.3 is 0 Å². The lowest BCUT2D eigenvalue weighted by atomic mass is 10.2. The van der Waals surface area contributed by atoms with Crippen LogP contribution in [0.15, 0.2) is 24.3 Å². The number of aliphatic hydroxyl groups is 1. The Morgan fingerprint density at radius 1 is 1.35 bits per heavy atom. The molecule has 0 saturated carbocycles. The SMILES string of the molecule is CN(C(=O)CCCCO)c1ccc(C#N)cc1. The molecule has 1 rings (SSSR count). The second kappa shape index (κ2) is 6.66. The molecule has 0 aliphatic rings. The van der Waals surface area contributed by atoms with E-state index in [1.165, 1.54) is 0 Å². The van der Waals surface area contributed by atoms with Gasteiger partial charge in [0.25, 0.3) is 0 Å². The third kappa shape index (κ3) is 3.89. The zero-order valence-electron chi connectivity index (χ0n) is 9.89. The third-order valence-corrected chi connectivity index (χ3v) is 2.56. The van der Waals surface area contributed by atoms with Gasteiger partial charge in [-0.3, -0.25) is 4.79 Å². The number of rotatable bonds is 5. The molecule has 1 N–H and O–H groups in total. The Balaban J connectivity index is 2.59. The van der Waals surface area contributed by atoms with Crippen molar-refractivity contribution in [2.75, 3.05) is 18.6 Å². The molecule has 0 fully saturated rings. The van der Waals surface area contributed by atoms with E-state index >= 15 is 0 Å². The van der Waals surface area contributed by atoms with Crippen molar-refractivity contribution in [3.63, 3.8) is 0 Å². The summed E-state index contributed by atoms with van der Waals surface area (Å²) in [6.07, 6.45) is 1.76. The van der Waals surface area contributed by atoms with Crippen LogP contribution in [0.25, 0.3) is 0 Å². The van der Waals surface area contributed by atoms with Gasteiger partial charge in [0.2, 0.25) is 5.91 Å². The monoisotopic (exact) mass is 232 g/mol. The molecule has 0 aliphatic carbocycles. The predicted molar refractivity (Wildman–Crippen MR) is 65.5 cm³/mol. The summed E-state index contributed by atoms with van der Waals surface area (Å²) in [6, 6.07) is 8.91. The Kier molecular flexibility index (Phi) is 5.18. The van der Waals surface area contributed by atoms with E-state index in [1.54, 1.807) is 36.2 Å². The average Bonchev–Trinajstić information content (AvgIpc) is 2.38. The van der Waals surface area contributed by atoms with Crippen LogP contribution in [0.5, 0.6) is 0 Å². The first-order valence-corrected chi connectivity index (χ1v) is 5.56. The summed E-state index contributed by atoms with van der Waals surface area (Å²) in [6.45, 7) is 0.119. The molecular weight excluding hydrogens is 216 g/mol. The normalized spacial score (nSPS) is 9.71. The van der Waals surface area contributed by atoms with Gasteiger partial charge in [0, 0.05) is 25.8 Å². The van der Waals surface area contributed by atoms with Gasteiger partial charge in [-0.2, -0.15) is 5.26 Å². The molecular formula is C13H16N2O2. The first-order chi connectivity index (χ1) is 8.19. The summed E-state index contributed by atoms with van der Waals surface area (Å²) in [5.41, 5.74) is 1.35. The van der Waals surface area contributed by atoms with Crippen LogP contribution in [-0.2, 0) is 4.79 Å². The van der Waals surface area contributed by atoms with Crippen molar-refractivity contribution in [3.8, 4) is 6.07 Å². The Hall–Kier alpha value is -1.86. The van der Waals surface area contributed by atoms with Gasteiger partial charge in [0.15, 0.2) is 0 Å². The number of carbonyl (C=O) groups is 1. The fraction of sp³-hybridized carbons (Fsp3) is 0.385. The molecule has 4 heteroatoms. The maximum atomic E-state index is 11.8. The van der Waals surface area contributed by atoms with E-state index < -0.39 is 0 Å². The largest absolute Gasteiger partial charge is 0.396 e. The summed E-state index contributed by atoms with van der Waals surface area (Å²) in [7, 11) is 1.71. The van der Waals surface area contributed by atoms with Crippen molar-refractivity contribution in [1.29, 1.82) is 5.26 Å². The van der Waals surface area contributed by atoms with Crippen LogP contribution in [0.2, 0.25) is 0 Å². The van der Waals surface area contributed by atoms with Crippen molar-refractivity contribution in [2.45, 2.75) is 19.3 Å². The van der Waals surface area contributed by atoms with Crippen LogP contribution >= 0.6 is 0 Å². The van der Waals surface area contributed by atoms with E-state index in [2.05, 4.69) is 0 Å². The number of hydrogen-bond donors (Lipinski definition) is 1. The van der Waals surface area contributed by atoms with E-state index in [9.17, 15) is 4.79 Å². The van der Waals surface area contributed by atoms with Gasteiger partial charge in [-0.05, 0) is 37.1 Å². The van der Waals surface area contributed by atoms with E-state index in [0.29, 0.717) is 24.8 Å². The quantitative estimate of drug-likeness (QED) is 0.785. The molecule has 0 bridgehead atoms. The highest BCUT2D eigenvalue weighted by molar-refractivity contribution is 5.92. The molecule has 0 radical (unpaired) electrons. The number of nitriles is 1. The van der Waals surface area contributed by atoms with Crippen molar-refractivity contribution < 1.29 is 9.90 Å². The summed E-state index contributed by atoms with van der Waals surface area (Å²) < 4.78 is 0. The zero-order chi connectivity index (χ0) is 12.7. The molecule has 4 nitrogen and oxygen atoms in total. The summed E-state index contributed by atoms with van der Waals surface area (Å²) >= 11 is 0. The topological polar surface area (TPSA) is 64.3 Å². The van der Waals surface area contributed by atoms with E-state index in [0.717, 1.165) is 5.69 Å². The maximum absolute atomic E-state index is 11.8. The highest BCUT2D eigenvalue weighted by Crippen LogP contribution is 2.15. The number of benzene rings is 1. The Labute approximate surface area is 101 Å². The molecule has 0 aromatic heterocycles. The first kappa shape index (κ1) is 13.2. The van der Waals surface area contributed by atoms with Gasteiger partial charge in [-0.25, -0.2) is 0 Å². The smallest absolute Gasteiger partial charge is 0.226 e. The second-order valence-corrected chi connectivity index (χ2v) is 3.79. The van der Waals surface area contributed by atoms with Crippen molar-refractivity contribution in [2.24, 2.45) is 0 Å². The molecule has 90 valence electrons. The van der Waals surface area contributed by atoms with Crippen LogP contribution in [0.4, 0.5) is 5.69 Å². The summed E-state index contributed by atoms with van der Waals surface area (Å²) in [5.74, 6) is 0.0168. The van der Waals surface area contributed by atoms with Gasteiger partial charge < -0.3 is 10.0 Å². The Morgan fingerprint density at radius 2 is 2.00 bits per heavy atom. The molecule has 1 aromatic carbocycles. The van der Waals surface area contributed by atoms with E-state index in [1.807, 2.05) is 6.07 Å². The number of hydrogen-bond acceptors (Lipinski definition) is 3. The predicted octanol–water partition coefficient (Wildman–Crippen LogP) is 1.68. The molecule has 17 heavy (non-hydrogen) atoms. The minimum atomic E-state index is 0.0168. The molecule has 1 aromatic rings. The molecule has 0 atom stereocenters.